The van der Waals surface area contributed by atoms with Gasteiger partial charge in [-0.3, -0.25) is 4.79 Å². The number of hydrogen-bond acceptors (Lipinski definition) is 1. The van der Waals surface area contributed by atoms with E-state index in [2.05, 4.69) is 11.9 Å². The second-order valence-electron chi connectivity index (χ2n) is 4.31. The van der Waals surface area contributed by atoms with E-state index in [1.54, 1.807) is 24.3 Å². The number of nitrogens with one attached hydrogen (secondary N) is 1. The fourth-order valence-electron chi connectivity index (χ4n) is 1.63. The van der Waals surface area contributed by atoms with Crippen molar-refractivity contribution in [3.05, 3.63) is 71.3 Å². The van der Waals surface area contributed by atoms with E-state index in [-0.39, 0.29) is 5.91 Å². The van der Waals surface area contributed by atoms with Crippen molar-refractivity contribution in [2.75, 3.05) is 5.32 Å². The average molecular weight is 272 g/mol. The van der Waals surface area contributed by atoms with Crippen molar-refractivity contribution in [2.24, 2.45) is 0 Å². The molecule has 2 aromatic rings. The summed E-state index contributed by atoms with van der Waals surface area (Å²) < 4.78 is 0. The second kappa shape index (κ2) is 5.72. The molecular formula is C16H14ClNO. The lowest BCUT2D eigenvalue weighted by Crippen LogP contribution is -2.12. The van der Waals surface area contributed by atoms with Crippen LogP contribution in [-0.2, 0) is 4.79 Å². The number of hydrogen-bond donors (Lipinski definition) is 1. The number of rotatable bonds is 3. The van der Waals surface area contributed by atoms with Crippen LogP contribution in [0.4, 0.5) is 5.69 Å². The summed E-state index contributed by atoms with van der Waals surface area (Å²) >= 11 is 5.79. The monoisotopic (exact) mass is 271 g/mol. The van der Waals surface area contributed by atoms with Crippen LogP contribution in [0, 0.1) is 6.92 Å². The van der Waals surface area contributed by atoms with Crippen molar-refractivity contribution in [3.8, 4) is 0 Å². The maximum Gasteiger partial charge on any atom is 0.255 e. The predicted molar refractivity (Wildman–Crippen MR) is 80.3 cm³/mol. The minimum atomic E-state index is -0.217. The Morgan fingerprint density at radius 3 is 2.21 bits per heavy atom. The maximum atomic E-state index is 12.0. The van der Waals surface area contributed by atoms with Crippen LogP contribution in [0.15, 0.2) is 55.1 Å². The summed E-state index contributed by atoms with van der Waals surface area (Å²) in [7, 11) is 0. The van der Waals surface area contributed by atoms with Crippen molar-refractivity contribution in [1.29, 1.82) is 0 Å². The van der Waals surface area contributed by atoms with Crippen LogP contribution >= 0.6 is 11.6 Å². The number of benzene rings is 2. The van der Waals surface area contributed by atoms with Crippen LogP contribution < -0.4 is 5.32 Å². The number of anilines is 1. The molecule has 0 bridgehead atoms. The molecule has 3 heteroatoms. The second-order valence-corrected chi connectivity index (χ2v) is 4.74. The minimum absolute atomic E-state index is 0.217. The molecule has 1 N–H and O–H groups in total. The topological polar surface area (TPSA) is 29.1 Å². The van der Waals surface area contributed by atoms with Gasteiger partial charge in [0, 0.05) is 16.3 Å². The highest BCUT2D eigenvalue weighted by Crippen LogP contribution is 2.18. The Balaban J connectivity index is 2.09. The highest BCUT2D eigenvalue weighted by atomic mass is 35.5. The van der Waals surface area contributed by atoms with Gasteiger partial charge in [-0.2, -0.15) is 0 Å². The Kier molecular flexibility index (Phi) is 4.03. The van der Waals surface area contributed by atoms with Gasteiger partial charge in [0.1, 0.15) is 0 Å². The highest BCUT2D eigenvalue weighted by molar-refractivity contribution is 6.30. The van der Waals surface area contributed by atoms with Crippen LogP contribution in [0.5, 0.6) is 0 Å². The molecule has 0 atom stereocenters. The highest BCUT2D eigenvalue weighted by Gasteiger charge is 2.09. The molecule has 0 aromatic heterocycles. The van der Waals surface area contributed by atoms with Gasteiger partial charge in [-0.15, -0.1) is 0 Å². The molecule has 96 valence electrons. The lowest BCUT2D eigenvalue weighted by molar-refractivity contribution is -0.111. The molecule has 0 saturated heterocycles. The van der Waals surface area contributed by atoms with Gasteiger partial charge in [0.2, 0.25) is 0 Å². The lowest BCUT2D eigenvalue weighted by atomic mass is 10.1. The van der Waals surface area contributed by atoms with Gasteiger partial charge in [-0.05, 0) is 36.8 Å². The van der Waals surface area contributed by atoms with E-state index in [9.17, 15) is 4.79 Å². The normalized spacial score (nSPS) is 10.0. The molecule has 2 rings (SSSR count). The molecule has 0 aliphatic heterocycles. The van der Waals surface area contributed by atoms with E-state index in [0.717, 1.165) is 11.1 Å². The Hall–Kier alpha value is -2.06. The molecule has 19 heavy (non-hydrogen) atoms. The summed E-state index contributed by atoms with van der Waals surface area (Å²) in [5.41, 5.74) is 3.10. The predicted octanol–water partition coefficient (Wildman–Crippen LogP) is 4.30. The van der Waals surface area contributed by atoms with Crippen LogP contribution in [0.1, 0.15) is 11.1 Å². The summed E-state index contributed by atoms with van der Waals surface area (Å²) in [6.45, 7) is 5.83. The van der Waals surface area contributed by atoms with Crippen molar-refractivity contribution in [3.63, 3.8) is 0 Å². The number of aryl methyl sites for hydroxylation is 1. The first-order chi connectivity index (χ1) is 9.06. The first-order valence-electron chi connectivity index (χ1n) is 5.89. The van der Waals surface area contributed by atoms with E-state index in [1.807, 2.05) is 31.2 Å². The lowest BCUT2D eigenvalue weighted by Gasteiger charge is -2.08. The van der Waals surface area contributed by atoms with Gasteiger partial charge in [0.15, 0.2) is 0 Å². The van der Waals surface area contributed by atoms with Crippen LogP contribution in [0.25, 0.3) is 5.57 Å². The van der Waals surface area contributed by atoms with Crippen molar-refractivity contribution >= 4 is 28.8 Å². The third kappa shape index (κ3) is 3.46. The largest absolute Gasteiger partial charge is 0.322 e. The van der Waals surface area contributed by atoms with Gasteiger partial charge in [-0.1, -0.05) is 48.0 Å². The Labute approximate surface area is 117 Å². The molecule has 0 fully saturated rings. The van der Waals surface area contributed by atoms with Crippen molar-refractivity contribution in [1.82, 2.24) is 0 Å². The van der Waals surface area contributed by atoms with Crippen LogP contribution in [0.2, 0.25) is 5.02 Å². The van der Waals surface area contributed by atoms with E-state index in [0.29, 0.717) is 16.3 Å². The molecule has 0 spiro atoms. The van der Waals surface area contributed by atoms with Crippen LogP contribution in [0.3, 0.4) is 0 Å². The first-order valence-corrected chi connectivity index (χ1v) is 6.27. The summed E-state index contributed by atoms with van der Waals surface area (Å²) in [6, 6.07) is 14.6. The van der Waals surface area contributed by atoms with Gasteiger partial charge in [0.25, 0.3) is 5.91 Å². The molecule has 0 aliphatic carbocycles. The van der Waals surface area contributed by atoms with Gasteiger partial charge >= 0.3 is 0 Å². The summed E-state index contributed by atoms with van der Waals surface area (Å²) in [6.07, 6.45) is 0. The quantitative estimate of drug-likeness (QED) is 0.829. The Morgan fingerprint density at radius 1 is 1.05 bits per heavy atom. The molecule has 0 heterocycles. The number of halogens is 1. The smallest absolute Gasteiger partial charge is 0.255 e. The standard InChI is InChI=1S/C16H14ClNO/c1-11-3-5-13(6-4-11)12(2)16(19)18-15-9-7-14(17)8-10-15/h3-10H,2H2,1H3,(H,18,19). The van der Waals surface area contributed by atoms with E-state index in [4.69, 9.17) is 11.6 Å². The number of amides is 1. The van der Waals surface area contributed by atoms with E-state index >= 15 is 0 Å². The zero-order valence-corrected chi connectivity index (χ0v) is 11.4. The number of carbonyl (C=O) groups is 1. The van der Waals surface area contributed by atoms with Crippen molar-refractivity contribution in [2.45, 2.75) is 6.92 Å². The third-order valence-electron chi connectivity index (χ3n) is 2.78. The van der Waals surface area contributed by atoms with Gasteiger partial charge in [-0.25, -0.2) is 0 Å². The fourth-order valence-corrected chi connectivity index (χ4v) is 1.75. The SMILES string of the molecule is C=C(C(=O)Nc1ccc(Cl)cc1)c1ccc(C)cc1. The maximum absolute atomic E-state index is 12.0. The minimum Gasteiger partial charge on any atom is -0.322 e. The zero-order chi connectivity index (χ0) is 13.8. The molecule has 2 nitrogen and oxygen atoms in total. The third-order valence-corrected chi connectivity index (χ3v) is 3.03. The van der Waals surface area contributed by atoms with E-state index in [1.165, 1.54) is 0 Å². The van der Waals surface area contributed by atoms with Crippen molar-refractivity contribution < 1.29 is 4.79 Å². The van der Waals surface area contributed by atoms with Gasteiger partial charge < -0.3 is 5.32 Å². The molecule has 1 amide bonds. The molecular weight excluding hydrogens is 258 g/mol. The number of carbonyl (C=O) groups excluding carboxylic acids is 1. The van der Waals surface area contributed by atoms with Crippen LogP contribution in [-0.4, -0.2) is 5.91 Å². The molecule has 0 saturated carbocycles. The average Bonchev–Trinajstić information content (AvgIpc) is 2.41. The fraction of sp³-hybridized carbons (Fsp3) is 0.0625. The molecule has 2 aromatic carbocycles. The Morgan fingerprint density at radius 2 is 1.63 bits per heavy atom. The summed E-state index contributed by atoms with van der Waals surface area (Å²) in [4.78, 5) is 12.0. The molecule has 0 radical (unpaired) electrons. The van der Waals surface area contributed by atoms with E-state index < -0.39 is 0 Å². The summed E-state index contributed by atoms with van der Waals surface area (Å²) in [5, 5.41) is 3.42. The Bertz CT molecular complexity index is 600. The zero-order valence-electron chi connectivity index (χ0n) is 10.6. The first kappa shape index (κ1) is 13.4. The molecule has 0 aliphatic rings. The summed E-state index contributed by atoms with van der Waals surface area (Å²) in [5.74, 6) is -0.217. The molecule has 0 unspecified atom stereocenters. The van der Waals surface area contributed by atoms with Gasteiger partial charge in [0.05, 0.1) is 0 Å².